The largest absolute Gasteiger partial charge is 0.377 e. The Kier molecular flexibility index (Phi) is 3.37. The Morgan fingerprint density at radius 3 is 3.00 bits per heavy atom. The zero-order valence-electron chi connectivity index (χ0n) is 11.0. The Hall–Kier alpha value is -0.900. The molecular weight excluding hydrogens is 224 g/mol. The molecule has 1 aromatic rings. The number of rotatable bonds is 1. The van der Waals surface area contributed by atoms with Gasteiger partial charge in [0.2, 0.25) is 0 Å². The van der Waals surface area contributed by atoms with Crippen molar-refractivity contribution in [3.8, 4) is 0 Å². The Morgan fingerprint density at radius 2 is 2.17 bits per heavy atom. The van der Waals surface area contributed by atoms with Gasteiger partial charge < -0.3 is 10.5 Å². The second-order valence-corrected chi connectivity index (χ2v) is 5.53. The fourth-order valence-corrected chi connectivity index (χ4v) is 3.29. The van der Waals surface area contributed by atoms with Gasteiger partial charge in [0.1, 0.15) is 0 Å². The molecule has 0 spiro atoms. The van der Waals surface area contributed by atoms with E-state index in [0.717, 1.165) is 32.5 Å². The van der Waals surface area contributed by atoms with Crippen molar-refractivity contribution in [3.05, 3.63) is 35.4 Å². The van der Waals surface area contributed by atoms with Gasteiger partial charge in [0.05, 0.1) is 6.10 Å². The number of benzene rings is 1. The molecular formula is C15H22N2O. The Bertz CT molecular complexity index is 421. The smallest absolute Gasteiger partial charge is 0.0674 e. The number of ether oxygens (including phenoxy) is 1. The summed E-state index contributed by atoms with van der Waals surface area (Å²) in [5.41, 5.74) is 9.19. The molecule has 3 nitrogen and oxygen atoms in total. The molecule has 1 aliphatic carbocycles. The van der Waals surface area contributed by atoms with E-state index in [0.29, 0.717) is 12.1 Å². The summed E-state index contributed by atoms with van der Waals surface area (Å²) in [6, 6.07) is 9.21. The van der Waals surface area contributed by atoms with Crippen LogP contribution in [0.15, 0.2) is 24.3 Å². The summed E-state index contributed by atoms with van der Waals surface area (Å²) in [7, 11) is 0. The van der Waals surface area contributed by atoms with Crippen LogP contribution in [0.3, 0.4) is 0 Å². The SMILES string of the molecule is CC1CN(C2Cc3ccccc3C2N)CCCO1. The van der Waals surface area contributed by atoms with Crippen molar-refractivity contribution in [3.63, 3.8) is 0 Å². The van der Waals surface area contributed by atoms with E-state index < -0.39 is 0 Å². The molecule has 98 valence electrons. The lowest BCUT2D eigenvalue weighted by Gasteiger charge is -2.31. The van der Waals surface area contributed by atoms with Crippen LogP contribution < -0.4 is 5.73 Å². The number of nitrogens with zero attached hydrogens (tertiary/aromatic N) is 1. The standard InChI is InChI=1S/C15H22N2O/c1-11-10-17(7-4-8-18-11)14-9-12-5-2-3-6-13(12)15(14)16/h2-3,5-6,11,14-15H,4,7-10,16H2,1H3. The molecule has 1 aromatic carbocycles. The number of hydrogen-bond acceptors (Lipinski definition) is 3. The highest BCUT2D eigenvalue weighted by atomic mass is 16.5. The van der Waals surface area contributed by atoms with Crippen LogP contribution in [-0.2, 0) is 11.2 Å². The molecule has 0 amide bonds. The maximum atomic E-state index is 6.44. The predicted molar refractivity (Wildman–Crippen MR) is 72.5 cm³/mol. The maximum absolute atomic E-state index is 6.44. The Labute approximate surface area is 109 Å². The average Bonchev–Trinajstić information content (AvgIpc) is 2.56. The fourth-order valence-electron chi connectivity index (χ4n) is 3.29. The van der Waals surface area contributed by atoms with Crippen LogP contribution in [0.2, 0.25) is 0 Å². The first-order valence-electron chi connectivity index (χ1n) is 6.95. The first-order valence-corrected chi connectivity index (χ1v) is 6.95. The fraction of sp³-hybridized carbons (Fsp3) is 0.600. The van der Waals surface area contributed by atoms with Crippen LogP contribution in [0, 0.1) is 0 Å². The summed E-state index contributed by atoms with van der Waals surface area (Å²) >= 11 is 0. The molecule has 1 aliphatic heterocycles. The summed E-state index contributed by atoms with van der Waals surface area (Å²) in [6.45, 7) is 5.15. The normalized spacial score (nSPS) is 33.1. The van der Waals surface area contributed by atoms with Crippen molar-refractivity contribution in [1.29, 1.82) is 0 Å². The van der Waals surface area contributed by atoms with Gasteiger partial charge in [-0.05, 0) is 30.9 Å². The second kappa shape index (κ2) is 5.00. The quantitative estimate of drug-likeness (QED) is 0.820. The van der Waals surface area contributed by atoms with Crippen molar-refractivity contribution in [2.75, 3.05) is 19.7 Å². The van der Waals surface area contributed by atoms with Crippen LogP contribution in [-0.4, -0.2) is 36.7 Å². The Morgan fingerprint density at radius 1 is 1.33 bits per heavy atom. The number of fused-ring (bicyclic) bond motifs is 1. The summed E-state index contributed by atoms with van der Waals surface area (Å²) in [6.07, 6.45) is 2.52. The van der Waals surface area contributed by atoms with Crippen LogP contribution in [0.1, 0.15) is 30.5 Å². The zero-order valence-corrected chi connectivity index (χ0v) is 11.0. The van der Waals surface area contributed by atoms with Crippen molar-refractivity contribution in [2.24, 2.45) is 5.73 Å². The van der Waals surface area contributed by atoms with E-state index in [4.69, 9.17) is 10.5 Å². The maximum Gasteiger partial charge on any atom is 0.0674 e. The minimum absolute atomic E-state index is 0.159. The lowest BCUT2D eigenvalue weighted by atomic mass is 10.1. The third kappa shape index (κ3) is 2.18. The molecule has 18 heavy (non-hydrogen) atoms. The summed E-state index contributed by atoms with van der Waals surface area (Å²) in [5, 5.41) is 0. The van der Waals surface area contributed by atoms with Gasteiger partial charge in [-0.1, -0.05) is 24.3 Å². The van der Waals surface area contributed by atoms with Gasteiger partial charge >= 0.3 is 0 Å². The summed E-state index contributed by atoms with van der Waals surface area (Å²) in [5.74, 6) is 0. The van der Waals surface area contributed by atoms with Crippen molar-refractivity contribution >= 4 is 0 Å². The lowest BCUT2D eigenvalue weighted by molar-refractivity contribution is 0.0591. The molecule has 3 rings (SSSR count). The summed E-state index contributed by atoms with van der Waals surface area (Å²) in [4.78, 5) is 2.53. The van der Waals surface area contributed by atoms with Crippen molar-refractivity contribution in [1.82, 2.24) is 4.90 Å². The first kappa shape index (κ1) is 12.2. The number of hydrogen-bond donors (Lipinski definition) is 1. The molecule has 3 unspecified atom stereocenters. The highest BCUT2D eigenvalue weighted by molar-refractivity contribution is 5.36. The second-order valence-electron chi connectivity index (χ2n) is 5.53. The van der Waals surface area contributed by atoms with Gasteiger partial charge in [-0.25, -0.2) is 0 Å². The van der Waals surface area contributed by atoms with Gasteiger partial charge in [-0.3, -0.25) is 4.90 Å². The molecule has 2 aliphatic rings. The minimum Gasteiger partial charge on any atom is -0.377 e. The van der Waals surface area contributed by atoms with E-state index in [1.54, 1.807) is 0 Å². The molecule has 2 N–H and O–H groups in total. The number of nitrogens with two attached hydrogens (primary N) is 1. The van der Waals surface area contributed by atoms with E-state index >= 15 is 0 Å². The molecule has 3 atom stereocenters. The van der Waals surface area contributed by atoms with E-state index in [-0.39, 0.29) is 6.04 Å². The zero-order chi connectivity index (χ0) is 12.5. The monoisotopic (exact) mass is 246 g/mol. The van der Waals surface area contributed by atoms with Crippen molar-refractivity contribution in [2.45, 2.75) is 38.0 Å². The van der Waals surface area contributed by atoms with E-state index in [1.165, 1.54) is 11.1 Å². The van der Waals surface area contributed by atoms with Crippen LogP contribution in [0.25, 0.3) is 0 Å². The lowest BCUT2D eigenvalue weighted by Crippen LogP contribution is -2.43. The third-order valence-corrected chi connectivity index (χ3v) is 4.21. The average molecular weight is 246 g/mol. The first-order chi connectivity index (χ1) is 8.75. The summed E-state index contributed by atoms with van der Waals surface area (Å²) < 4.78 is 5.72. The molecule has 1 heterocycles. The molecule has 3 heteroatoms. The highest BCUT2D eigenvalue weighted by Crippen LogP contribution is 2.33. The molecule has 0 saturated carbocycles. The van der Waals surface area contributed by atoms with E-state index in [9.17, 15) is 0 Å². The molecule has 1 fully saturated rings. The van der Waals surface area contributed by atoms with Crippen LogP contribution in [0.5, 0.6) is 0 Å². The van der Waals surface area contributed by atoms with Gasteiger partial charge in [0, 0.05) is 31.8 Å². The predicted octanol–water partition coefficient (Wildman–Crippen LogP) is 1.72. The van der Waals surface area contributed by atoms with E-state index in [2.05, 4.69) is 36.1 Å². The van der Waals surface area contributed by atoms with Crippen molar-refractivity contribution < 1.29 is 4.74 Å². The Balaban J connectivity index is 1.78. The van der Waals surface area contributed by atoms with Gasteiger partial charge in [0.15, 0.2) is 0 Å². The van der Waals surface area contributed by atoms with Crippen LogP contribution in [0.4, 0.5) is 0 Å². The van der Waals surface area contributed by atoms with Crippen LogP contribution >= 0.6 is 0 Å². The molecule has 0 bridgehead atoms. The molecule has 0 radical (unpaired) electrons. The highest BCUT2D eigenvalue weighted by Gasteiger charge is 2.34. The van der Waals surface area contributed by atoms with Gasteiger partial charge in [-0.15, -0.1) is 0 Å². The van der Waals surface area contributed by atoms with E-state index in [1.807, 2.05) is 0 Å². The van der Waals surface area contributed by atoms with Gasteiger partial charge in [0.25, 0.3) is 0 Å². The molecule has 0 aromatic heterocycles. The van der Waals surface area contributed by atoms with Gasteiger partial charge in [-0.2, -0.15) is 0 Å². The topological polar surface area (TPSA) is 38.5 Å². The third-order valence-electron chi connectivity index (χ3n) is 4.21. The minimum atomic E-state index is 0.159. The molecule has 1 saturated heterocycles.